The van der Waals surface area contributed by atoms with E-state index in [1.54, 1.807) is 0 Å². The van der Waals surface area contributed by atoms with E-state index < -0.39 is 0 Å². The van der Waals surface area contributed by atoms with Crippen molar-refractivity contribution in [3.8, 4) is 11.4 Å². The third-order valence-electron chi connectivity index (χ3n) is 2.30. The SMILES string of the molecule is CSCC(=O)Nc1ccc(-c2n[nH]c(C)n2)cc1. The molecule has 0 atom stereocenters. The monoisotopic (exact) mass is 262 g/mol. The van der Waals surface area contributed by atoms with E-state index >= 15 is 0 Å². The lowest BCUT2D eigenvalue weighted by Crippen LogP contribution is -2.13. The molecule has 0 aliphatic carbocycles. The van der Waals surface area contributed by atoms with Crippen LogP contribution in [0.4, 0.5) is 5.69 Å². The maximum absolute atomic E-state index is 11.4. The largest absolute Gasteiger partial charge is 0.325 e. The number of aromatic amines is 1. The second kappa shape index (κ2) is 5.68. The van der Waals surface area contributed by atoms with Gasteiger partial charge in [0.05, 0.1) is 5.75 Å². The van der Waals surface area contributed by atoms with Crippen molar-refractivity contribution in [1.29, 1.82) is 0 Å². The van der Waals surface area contributed by atoms with Crippen molar-refractivity contribution in [2.24, 2.45) is 0 Å². The molecule has 0 fully saturated rings. The number of nitrogens with zero attached hydrogens (tertiary/aromatic N) is 2. The Bertz CT molecular complexity index is 535. The number of benzene rings is 1. The number of thioether (sulfide) groups is 1. The van der Waals surface area contributed by atoms with E-state index in [2.05, 4.69) is 20.5 Å². The number of hydrogen-bond acceptors (Lipinski definition) is 4. The van der Waals surface area contributed by atoms with Crippen molar-refractivity contribution in [2.75, 3.05) is 17.3 Å². The van der Waals surface area contributed by atoms with Crippen LogP contribution in [0.15, 0.2) is 24.3 Å². The van der Waals surface area contributed by atoms with Crippen LogP contribution < -0.4 is 5.32 Å². The Morgan fingerprint density at radius 1 is 1.39 bits per heavy atom. The number of hydrogen-bond donors (Lipinski definition) is 2. The fourth-order valence-electron chi connectivity index (χ4n) is 1.50. The first kappa shape index (κ1) is 12.6. The Morgan fingerprint density at radius 2 is 2.11 bits per heavy atom. The third-order valence-corrected chi connectivity index (χ3v) is 2.85. The predicted octanol–water partition coefficient (Wildman–Crippen LogP) is 2.08. The number of carbonyl (C=O) groups is 1. The highest BCUT2D eigenvalue weighted by molar-refractivity contribution is 7.99. The molecule has 5 nitrogen and oxygen atoms in total. The lowest BCUT2D eigenvalue weighted by atomic mass is 10.2. The maximum Gasteiger partial charge on any atom is 0.234 e. The highest BCUT2D eigenvalue weighted by atomic mass is 32.2. The Balaban J connectivity index is 2.08. The molecular weight excluding hydrogens is 248 g/mol. The van der Waals surface area contributed by atoms with Crippen molar-refractivity contribution in [2.45, 2.75) is 6.92 Å². The summed E-state index contributed by atoms with van der Waals surface area (Å²) in [7, 11) is 0. The number of aromatic nitrogens is 3. The fraction of sp³-hybridized carbons (Fsp3) is 0.250. The standard InChI is InChI=1S/C12H14N4OS/c1-8-13-12(16-15-8)9-3-5-10(6-4-9)14-11(17)7-18-2/h3-6H,7H2,1-2H3,(H,14,17)(H,13,15,16). The molecule has 0 saturated carbocycles. The number of anilines is 1. The van der Waals surface area contributed by atoms with E-state index in [1.165, 1.54) is 11.8 Å². The van der Waals surface area contributed by atoms with Gasteiger partial charge in [-0.05, 0) is 37.4 Å². The summed E-state index contributed by atoms with van der Waals surface area (Å²) in [6.07, 6.45) is 1.90. The average Bonchev–Trinajstić information content (AvgIpc) is 2.77. The van der Waals surface area contributed by atoms with Crippen LogP contribution in [0.2, 0.25) is 0 Å². The summed E-state index contributed by atoms with van der Waals surface area (Å²) >= 11 is 1.50. The molecule has 6 heteroatoms. The summed E-state index contributed by atoms with van der Waals surface area (Å²) in [6, 6.07) is 7.47. The van der Waals surface area contributed by atoms with Crippen molar-refractivity contribution in [1.82, 2.24) is 15.2 Å². The van der Waals surface area contributed by atoms with Gasteiger partial charge in [0.2, 0.25) is 5.91 Å². The average molecular weight is 262 g/mol. The molecule has 0 radical (unpaired) electrons. The zero-order chi connectivity index (χ0) is 13.0. The van der Waals surface area contributed by atoms with E-state index in [1.807, 2.05) is 37.4 Å². The Hall–Kier alpha value is -1.82. The molecule has 0 bridgehead atoms. The molecule has 2 N–H and O–H groups in total. The first-order chi connectivity index (χ1) is 8.69. The van der Waals surface area contributed by atoms with Crippen LogP contribution in [0.25, 0.3) is 11.4 Å². The second-order valence-corrected chi connectivity index (χ2v) is 4.67. The van der Waals surface area contributed by atoms with Crippen LogP contribution in [0.1, 0.15) is 5.82 Å². The van der Waals surface area contributed by atoms with Gasteiger partial charge in [0.15, 0.2) is 5.82 Å². The smallest absolute Gasteiger partial charge is 0.234 e. The molecule has 1 aromatic heterocycles. The normalized spacial score (nSPS) is 10.3. The first-order valence-corrected chi connectivity index (χ1v) is 6.86. The number of nitrogens with one attached hydrogen (secondary N) is 2. The maximum atomic E-state index is 11.4. The molecule has 0 unspecified atom stereocenters. The van der Waals surface area contributed by atoms with Crippen molar-refractivity contribution < 1.29 is 4.79 Å². The molecule has 0 aliphatic rings. The quantitative estimate of drug-likeness (QED) is 0.885. The van der Waals surface area contributed by atoms with Gasteiger partial charge in [-0.25, -0.2) is 4.98 Å². The number of rotatable bonds is 4. The zero-order valence-corrected chi connectivity index (χ0v) is 11.0. The van der Waals surface area contributed by atoms with Gasteiger partial charge in [0, 0.05) is 11.3 Å². The van der Waals surface area contributed by atoms with Gasteiger partial charge < -0.3 is 5.32 Å². The molecule has 18 heavy (non-hydrogen) atoms. The van der Waals surface area contributed by atoms with Crippen LogP contribution >= 0.6 is 11.8 Å². The lowest BCUT2D eigenvalue weighted by Gasteiger charge is -2.04. The predicted molar refractivity (Wildman–Crippen MR) is 73.6 cm³/mol. The van der Waals surface area contributed by atoms with Gasteiger partial charge in [-0.1, -0.05) is 0 Å². The molecule has 2 aromatic rings. The molecule has 1 heterocycles. The molecule has 1 aromatic carbocycles. The van der Waals surface area contributed by atoms with Gasteiger partial charge in [-0.2, -0.15) is 16.9 Å². The van der Waals surface area contributed by atoms with Crippen LogP contribution in [-0.2, 0) is 4.79 Å². The minimum absolute atomic E-state index is 0.00369. The van der Waals surface area contributed by atoms with Gasteiger partial charge in [0.1, 0.15) is 5.82 Å². The second-order valence-electron chi connectivity index (χ2n) is 3.80. The highest BCUT2D eigenvalue weighted by Crippen LogP contribution is 2.17. The zero-order valence-electron chi connectivity index (χ0n) is 10.2. The van der Waals surface area contributed by atoms with E-state index in [0.717, 1.165) is 17.1 Å². The minimum atomic E-state index is 0.00369. The lowest BCUT2D eigenvalue weighted by molar-refractivity contribution is -0.113. The molecule has 2 rings (SSSR count). The summed E-state index contributed by atoms with van der Waals surface area (Å²) in [5, 5.41) is 9.69. The van der Waals surface area contributed by atoms with Crippen molar-refractivity contribution >= 4 is 23.4 Å². The van der Waals surface area contributed by atoms with Crippen molar-refractivity contribution in [3.05, 3.63) is 30.1 Å². The van der Waals surface area contributed by atoms with Gasteiger partial charge in [0.25, 0.3) is 0 Å². The van der Waals surface area contributed by atoms with Crippen LogP contribution in [0.3, 0.4) is 0 Å². The fourth-order valence-corrected chi connectivity index (χ4v) is 1.84. The number of amides is 1. The summed E-state index contributed by atoms with van der Waals surface area (Å²) in [6.45, 7) is 1.85. The van der Waals surface area contributed by atoms with E-state index in [-0.39, 0.29) is 5.91 Å². The Kier molecular flexibility index (Phi) is 3.99. The molecule has 0 saturated heterocycles. The first-order valence-electron chi connectivity index (χ1n) is 5.47. The molecule has 0 spiro atoms. The van der Waals surface area contributed by atoms with E-state index in [9.17, 15) is 4.79 Å². The van der Waals surface area contributed by atoms with Crippen molar-refractivity contribution in [3.63, 3.8) is 0 Å². The van der Waals surface area contributed by atoms with E-state index in [4.69, 9.17) is 0 Å². The van der Waals surface area contributed by atoms with Crippen LogP contribution in [-0.4, -0.2) is 33.1 Å². The molecular formula is C12H14N4OS. The van der Waals surface area contributed by atoms with Crippen LogP contribution in [0, 0.1) is 6.92 Å². The summed E-state index contributed by atoms with van der Waals surface area (Å²) in [5.41, 5.74) is 1.70. The molecule has 94 valence electrons. The van der Waals surface area contributed by atoms with E-state index in [0.29, 0.717) is 11.6 Å². The summed E-state index contributed by atoms with van der Waals surface area (Å²) < 4.78 is 0. The number of aryl methyl sites for hydroxylation is 1. The van der Waals surface area contributed by atoms with Gasteiger partial charge >= 0.3 is 0 Å². The van der Waals surface area contributed by atoms with Crippen LogP contribution in [0.5, 0.6) is 0 Å². The third kappa shape index (κ3) is 3.10. The topological polar surface area (TPSA) is 70.7 Å². The highest BCUT2D eigenvalue weighted by Gasteiger charge is 2.04. The van der Waals surface area contributed by atoms with Gasteiger partial charge in [-0.3, -0.25) is 9.89 Å². The minimum Gasteiger partial charge on any atom is -0.325 e. The number of carbonyl (C=O) groups excluding carboxylic acids is 1. The Labute approximate surface area is 109 Å². The molecule has 0 aliphatic heterocycles. The summed E-state index contributed by atoms with van der Waals surface area (Å²) in [4.78, 5) is 15.7. The number of H-pyrrole nitrogens is 1. The Morgan fingerprint density at radius 3 is 2.67 bits per heavy atom. The summed E-state index contributed by atoms with van der Waals surface area (Å²) in [5.74, 6) is 1.91. The van der Waals surface area contributed by atoms with Gasteiger partial charge in [-0.15, -0.1) is 0 Å². The molecule has 1 amide bonds.